The number of carbonyl (C=O) groups excluding carboxylic acids is 2. The molecule has 1 spiro atoms. The topological polar surface area (TPSA) is 70.5 Å². The Morgan fingerprint density at radius 3 is 2.86 bits per heavy atom. The average molecular weight is 382 g/mol. The molecule has 2 heterocycles. The van der Waals surface area contributed by atoms with Crippen molar-refractivity contribution in [3.8, 4) is 0 Å². The number of ketones is 1. The molecule has 2 fully saturated rings. The lowest BCUT2D eigenvalue weighted by atomic mass is 9.66. The summed E-state index contributed by atoms with van der Waals surface area (Å²) in [5.41, 5.74) is 0.364. The second-order valence-electron chi connectivity index (χ2n) is 7.88. The number of aliphatic hydroxyl groups excluding tert-OH is 1. The lowest BCUT2D eigenvalue weighted by Gasteiger charge is -2.39. The van der Waals surface area contributed by atoms with Gasteiger partial charge in [0.2, 0.25) is 5.91 Å². The van der Waals surface area contributed by atoms with Gasteiger partial charge in [-0.25, -0.2) is 4.39 Å². The van der Waals surface area contributed by atoms with Crippen molar-refractivity contribution in [3.05, 3.63) is 60.2 Å². The van der Waals surface area contributed by atoms with Gasteiger partial charge in [-0.15, -0.1) is 0 Å². The molecular weight excluding hydrogens is 359 g/mol. The lowest BCUT2D eigenvalue weighted by molar-refractivity contribution is -0.130. The first-order valence-electron chi connectivity index (χ1n) is 9.68. The third-order valence-corrected chi connectivity index (χ3v) is 6.15. The molecule has 2 aliphatic rings. The monoisotopic (exact) mass is 382 g/mol. The first-order valence-corrected chi connectivity index (χ1v) is 9.68. The number of hydrogen-bond donors (Lipinski definition) is 1. The molecule has 5 nitrogen and oxygen atoms in total. The number of anilines is 1. The number of hydrogen-bond acceptors (Lipinski definition) is 4. The zero-order valence-electron chi connectivity index (χ0n) is 15.6. The van der Waals surface area contributed by atoms with Crippen molar-refractivity contribution in [3.63, 3.8) is 0 Å². The van der Waals surface area contributed by atoms with Crippen LogP contribution in [0.4, 0.5) is 10.1 Å². The second kappa shape index (κ2) is 7.43. The number of amides is 1. The van der Waals surface area contributed by atoms with E-state index in [2.05, 4.69) is 4.98 Å². The van der Waals surface area contributed by atoms with E-state index in [9.17, 15) is 19.1 Å². The Hall–Kier alpha value is -2.60. The molecule has 1 amide bonds. The number of aromatic nitrogens is 1. The van der Waals surface area contributed by atoms with E-state index >= 15 is 0 Å². The number of aliphatic hydroxyl groups is 1. The highest BCUT2D eigenvalue weighted by atomic mass is 19.1. The summed E-state index contributed by atoms with van der Waals surface area (Å²) in [6.45, 7) is 0.527. The Kier molecular flexibility index (Phi) is 4.98. The van der Waals surface area contributed by atoms with Gasteiger partial charge in [0, 0.05) is 24.8 Å². The summed E-state index contributed by atoms with van der Waals surface area (Å²) in [5.74, 6) is -0.793. The summed E-state index contributed by atoms with van der Waals surface area (Å²) < 4.78 is 13.6. The summed E-state index contributed by atoms with van der Waals surface area (Å²) >= 11 is 0. The Balaban J connectivity index is 1.51. The molecule has 0 radical (unpaired) electrons. The molecule has 3 atom stereocenters. The zero-order chi connectivity index (χ0) is 19.7. The van der Waals surface area contributed by atoms with Gasteiger partial charge in [0.05, 0.1) is 11.5 Å². The van der Waals surface area contributed by atoms with E-state index in [0.717, 1.165) is 0 Å². The highest BCUT2D eigenvalue weighted by Crippen LogP contribution is 2.48. The molecule has 2 aromatic rings. The van der Waals surface area contributed by atoms with Crippen LogP contribution in [-0.2, 0) is 4.79 Å². The van der Waals surface area contributed by atoms with Crippen molar-refractivity contribution in [1.82, 2.24) is 4.98 Å². The molecule has 1 saturated carbocycles. The zero-order valence-corrected chi connectivity index (χ0v) is 15.6. The SMILES string of the molecule is O=C(CC1CC2(CCC1O)CCN(c1cccc(F)c1)C2=O)c1ccccn1. The van der Waals surface area contributed by atoms with Crippen LogP contribution in [0.15, 0.2) is 48.7 Å². The number of benzene rings is 1. The summed E-state index contributed by atoms with van der Waals surface area (Å²) in [7, 11) is 0. The maximum Gasteiger partial charge on any atom is 0.233 e. The van der Waals surface area contributed by atoms with Gasteiger partial charge in [0.25, 0.3) is 0 Å². The first kappa shape index (κ1) is 18.7. The van der Waals surface area contributed by atoms with E-state index < -0.39 is 11.5 Å². The summed E-state index contributed by atoms with van der Waals surface area (Å²) in [5, 5.41) is 10.5. The quantitative estimate of drug-likeness (QED) is 0.823. The van der Waals surface area contributed by atoms with Crippen molar-refractivity contribution in [1.29, 1.82) is 0 Å². The van der Waals surface area contributed by atoms with Crippen molar-refractivity contribution >= 4 is 17.4 Å². The molecule has 4 rings (SSSR count). The van der Waals surface area contributed by atoms with Gasteiger partial charge in [-0.1, -0.05) is 12.1 Å². The van der Waals surface area contributed by atoms with Gasteiger partial charge >= 0.3 is 0 Å². The predicted octanol–water partition coefficient (Wildman–Crippen LogP) is 3.38. The normalized spacial score (nSPS) is 27.4. The van der Waals surface area contributed by atoms with Crippen LogP contribution in [0.25, 0.3) is 0 Å². The molecule has 6 heteroatoms. The van der Waals surface area contributed by atoms with Crippen molar-refractivity contribution < 1.29 is 19.1 Å². The van der Waals surface area contributed by atoms with Gasteiger partial charge in [0.15, 0.2) is 5.78 Å². The van der Waals surface area contributed by atoms with Crippen LogP contribution in [-0.4, -0.2) is 34.4 Å². The van der Waals surface area contributed by atoms with Crippen LogP contribution in [0.3, 0.4) is 0 Å². The van der Waals surface area contributed by atoms with Crippen LogP contribution in [0.2, 0.25) is 0 Å². The van der Waals surface area contributed by atoms with Crippen LogP contribution >= 0.6 is 0 Å². The molecule has 1 saturated heterocycles. The summed E-state index contributed by atoms with van der Waals surface area (Å²) in [4.78, 5) is 31.5. The third kappa shape index (κ3) is 3.44. The highest BCUT2D eigenvalue weighted by molar-refractivity contribution is 6.00. The van der Waals surface area contributed by atoms with Crippen LogP contribution in [0, 0.1) is 17.2 Å². The Morgan fingerprint density at radius 2 is 2.11 bits per heavy atom. The standard InChI is InChI=1S/C22H23FN2O3/c23-16-4-3-5-17(13-16)25-11-9-22(21(25)28)8-7-19(26)15(14-22)12-20(27)18-6-1-2-10-24-18/h1-6,10,13,15,19,26H,7-9,11-12,14H2. The minimum Gasteiger partial charge on any atom is -0.393 e. The van der Waals surface area contributed by atoms with Crippen LogP contribution in [0.5, 0.6) is 0 Å². The maximum atomic E-state index is 13.6. The number of halogens is 1. The largest absolute Gasteiger partial charge is 0.393 e. The Labute approximate surface area is 163 Å². The van der Waals surface area contributed by atoms with E-state index in [0.29, 0.717) is 43.6 Å². The molecule has 3 unspecified atom stereocenters. The molecule has 146 valence electrons. The fourth-order valence-electron chi connectivity index (χ4n) is 4.61. The molecule has 1 aliphatic carbocycles. The molecular formula is C22H23FN2O3. The fraction of sp³-hybridized carbons (Fsp3) is 0.409. The molecule has 28 heavy (non-hydrogen) atoms. The number of nitrogens with zero attached hydrogens (tertiary/aromatic N) is 2. The van der Waals surface area contributed by atoms with Gasteiger partial charge in [-0.3, -0.25) is 14.6 Å². The molecule has 1 aliphatic heterocycles. The Morgan fingerprint density at radius 1 is 1.25 bits per heavy atom. The number of carbonyl (C=O) groups is 2. The van der Waals surface area contributed by atoms with E-state index in [1.54, 1.807) is 41.4 Å². The van der Waals surface area contributed by atoms with Gasteiger partial charge in [0.1, 0.15) is 11.5 Å². The fourth-order valence-corrected chi connectivity index (χ4v) is 4.61. The predicted molar refractivity (Wildman–Crippen MR) is 102 cm³/mol. The van der Waals surface area contributed by atoms with Crippen molar-refractivity contribution in [2.75, 3.05) is 11.4 Å². The number of pyridine rings is 1. The van der Waals surface area contributed by atoms with E-state index in [4.69, 9.17) is 0 Å². The average Bonchev–Trinajstić information content (AvgIpc) is 3.01. The van der Waals surface area contributed by atoms with Gasteiger partial charge in [-0.2, -0.15) is 0 Å². The molecule has 1 N–H and O–H groups in total. The van der Waals surface area contributed by atoms with Crippen molar-refractivity contribution in [2.45, 2.75) is 38.2 Å². The van der Waals surface area contributed by atoms with Gasteiger partial charge in [-0.05, 0) is 61.9 Å². The smallest absolute Gasteiger partial charge is 0.233 e. The van der Waals surface area contributed by atoms with E-state index in [1.165, 1.54) is 12.1 Å². The minimum absolute atomic E-state index is 0.0275. The lowest BCUT2D eigenvalue weighted by Crippen LogP contribution is -2.43. The molecule has 0 bridgehead atoms. The van der Waals surface area contributed by atoms with E-state index in [-0.39, 0.29) is 29.8 Å². The maximum absolute atomic E-state index is 13.6. The third-order valence-electron chi connectivity index (χ3n) is 6.15. The Bertz CT molecular complexity index is 888. The first-order chi connectivity index (χ1) is 13.5. The molecule has 1 aromatic heterocycles. The van der Waals surface area contributed by atoms with Crippen LogP contribution in [0.1, 0.15) is 42.6 Å². The highest BCUT2D eigenvalue weighted by Gasteiger charge is 2.51. The summed E-state index contributed by atoms with van der Waals surface area (Å²) in [6, 6.07) is 11.2. The van der Waals surface area contributed by atoms with E-state index in [1.807, 2.05) is 0 Å². The van der Waals surface area contributed by atoms with Gasteiger partial charge < -0.3 is 10.0 Å². The second-order valence-corrected chi connectivity index (χ2v) is 7.88. The molecule has 1 aromatic carbocycles. The van der Waals surface area contributed by atoms with Crippen molar-refractivity contribution in [2.24, 2.45) is 11.3 Å². The summed E-state index contributed by atoms with van der Waals surface area (Å²) in [6.07, 6.45) is 3.35. The number of Topliss-reactive ketones (excluding diaryl/α,β-unsaturated/α-hetero) is 1. The number of rotatable bonds is 4. The van der Waals surface area contributed by atoms with Crippen LogP contribution < -0.4 is 4.90 Å². The minimum atomic E-state index is -0.602.